The lowest BCUT2D eigenvalue weighted by atomic mass is 10.1. The molecule has 5 heteroatoms. The van der Waals surface area contributed by atoms with Crippen molar-refractivity contribution >= 4 is 17.7 Å². The molecule has 0 atom stereocenters. The van der Waals surface area contributed by atoms with Crippen LogP contribution in [0.2, 0.25) is 0 Å². The molecule has 122 valence electrons. The Kier molecular flexibility index (Phi) is 5.77. The first-order valence-corrected chi connectivity index (χ1v) is 8.60. The van der Waals surface area contributed by atoms with Crippen LogP contribution >= 0.6 is 11.8 Å². The Morgan fingerprint density at radius 1 is 1.09 bits per heavy atom. The first-order valence-electron chi connectivity index (χ1n) is 7.61. The molecule has 4 nitrogen and oxygen atoms in total. The molecule has 0 saturated carbocycles. The van der Waals surface area contributed by atoms with Gasteiger partial charge in [0.25, 0.3) is 0 Å². The first-order chi connectivity index (χ1) is 10.9. The van der Waals surface area contributed by atoms with Crippen molar-refractivity contribution in [3.63, 3.8) is 0 Å². The summed E-state index contributed by atoms with van der Waals surface area (Å²) in [7, 11) is 1.84. The lowest BCUT2D eigenvalue weighted by Crippen LogP contribution is -2.28. The van der Waals surface area contributed by atoms with E-state index in [1.54, 1.807) is 4.90 Å². The first kappa shape index (κ1) is 17.5. The minimum absolute atomic E-state index is 0.0812. The van der Waals surface area contributed by atoms with E-state index in [9.17, 15) is 4.79 Å². The Labute approximate surface area is 142 Å². The van der Waals surface area contributed by atoms with Gasteiger partial charge < -0.3 is 4.90 Å². The number of carbonyl (C=O) groups excluding carboxylic acids is 1. The van der Waals surface area contributed by atoms with Crippen molar-refractivity contribution in [3.05, 3.63) is 52.3 Å². The normalized spacial score (nSPS) is 10.7. The highest BCUT2D eigenvalue weighted by molar-refractivity contribution is 7.99. The second-order valence-electron chi connectivity index (χ2n) is 5.77. The predicted octanol–water partition coefficient (Wildman–Crippen LogP) is 3.46. The Morgan fingerprint density at radius 2 is 1.70 bits per heavy atom. The predicted molar refractivity (Wildman–Crippen MR) is 94.6 cm³/mol. The maximum atomic E-state index is 12.3. The standard InChI is InChI=1S/C18H23N3OS/c1-12-8-6-7-9-16(12)10-21(5)17(22)11-23-18-19-14(3)13(2)15(4)20-18/h6-9H,10-11H2,1-5H3. The molecule has 1 heterocycles. The molecule has 0 saturated heterocycles. The number of aromatic nitrogens is 2. The zero-order valence-electron chi connectivity index (χ0n) is 14.4. The van der Waals surface area contributed by atoms with E-state index in [4.69, 9.17) is 0 Å². The molecule has 0 radical (unpaired) electrons. The highest BCUT2D eigenvalue weighted by atomic mass is 32.2. The summed E-state index contributed by atoms with van der Waals surface area (Å²) in [6, 6.07) is 8.13. The Morgan fingerprint density at radius 3 is 2.30 bits per heavy atom. The summed E-state index contributed by atoms with van der Waals surface area (Å²) >= 11 is 1.40. The SMILES string of the molecule is Cc1ccccc1CN(C)C(=O)CSc1nc(C)c(C)c(C)n1. The third-order valence-electron chi connectivity index (χ3n) is 4.03. The summed E-state index contributed by atoms with van der Waals surface area (Å²) in [4.78, 5) is 23.0. The van der Waals surface area contributed by atoms with Gasteiger partial charge in [-0.2, -0.15) is 0 Å². The lowest BCUT2D eigenvalue weighted by molar-refractivity contribution is -0.127. The summed E-state index contributed by atoms with van der Waals surface area (Å²) in [5.41, 5.74) is 5.43. The van der Waals surface area contributed by atoms with Crippen LogP contribution in [0.1, 0.15) is 28.1 Å². The van der Waals surface area contributed by atoms with Crippen LogP contribution in [0.15, 0.2) is 29.4 Å². The van der Waals surface area contributed by atoms with E-state index in [0.29, 0.717) is 17.5 Å². The van der Waals surface area contributed by atoms with Gasteiger partial charge in [-0.25, -0.2) is 9.97 Å². The molecule has 2 aromatic rings. The molecule has 1 aromatic heterocycles. The molecule has 0 aliphatic heterocycles. The molecule has 0 unspecified atom stereocenters. The van der Waals surface area contributed by atoms with E-state index in [0.717, 1.165) is 17.0 Å². The summed E-state index contributed by atoms with van der Waals surface area (Å²) in [5.74, 6) is 0.433. The third kappa shape index (κ3) is 4.55. The number of carbonyl (C=O) groups is 1. The highest BCUT2D eigenvalue weighted by Crippen LogP contribution is 2.18. The molecule has 1 amide bonds. The van der Waals surface area contributed by atoms with Gasteiger partial charge in [-0.1, -0.05) is 36.0 Å². The fraction of sp³-hybridized carbons (Fsp3) is 0.389. The maximum Gasteiger partial charge on any atom is 0.233 e. The molecular formula is C18H23N3OS. The van der Waals surface area contributed by atoms with E-state index in [1.165, 1.54) is 22.9 Å². The molecule has 0 aliphatic carbocycles. The Hall–Kier alpha value is -1.88. The molecule has 0 N–H and O–H groups in total. The number of aryl methyl sites for hydroxylation is 3. The smallest absolute Gasteiger partial charge is 0.233 e. The van der Waals surface area contributed by atoms with Crippen molar-refractivity contribution in [2.24, 2.45) is 0 Å². The van der Waals surface area contributed by atoms with Crippen molar-refractivity contribution in [1.29, 1.82) is 0 Å². The van der Waals surface area contributed by atoms with Crippen LogP contribution in [0.25, 0.3) is 0 Å². The highest BCUT2D eigenvalue weighted by Gasteiger charge is 2.13. The second kappa shape index (κ2) is 7.59. The Bertz CT molecular complexity index is 692. The van der Waals surface area contributed by atoms with Gasteiger partial charge in [-0.05, 0) is 44.4 Å². The van der Waals surface area contributed by atoms with Gasteiger partial charge >= 0.3 is 0 Å². The van der Waals surface area contributed by atoms with Crippen LogP contribution in [-0.2, 0) is 11.3 Å². The monoisotopic (exact) mass is 329 g/mol. The van der Waals surface area contributed by atoms with Gasteiger partial charge in [0.15, 0.2) is 5.16 Å². The number of nitrogens with zero attached hydrogens (tertiary/aromatic N) is 3. The third-order valence-corrected chi connectivity index (χ3v) is 4.86. The van der Waals surface area contributed by atoms with E-state index >= 15 is 0 Å². The molecule has 1 aromatic carbocycles. The maximum absolute atomic E-state index is 12.3. The van der Waals surface area contributed by atoms with Crippen molar-refractivity contribution in [1.82, 2.24) is 14.9 Å². The number of amides is 1. The fourth-order valence-corrected chi connectivity index (χ4v) is 3.05. The quantitative estimate of drug-likeness (QED) is 0.622. The van der Waals surface area contributed by atoms with Gasteiger partial charge in [0.05, 0.1) is 5.75 Å². The van der Waals surface area contributed by atoms with Crippen LogP contribution < -0.4 is 0 Å². The topological polar surface area (TPSA) is 46.1 Å². The zero-order valence-corrected chi connectivity index (χ0v) is 15.2. The van der Waals surface area contributed by atoms with Crippen molar-refractivity contribution < 1.29 is 4.79 Å². The summed E-state index contributed by atoms with van der Waals surface area (Å²) < 4.78 is 0. The summed E-state index contributed by atoms with van der Waals surface area (Å²) in [5, 5.41) is 0.670. The van der Waals surface area contributed by atoms with Crippen molar-refractivity contribution in [2.45, 2.75) is 39.4 Å². The number of hydrogen-bond acceptors (Lipinski definition) is 4. The van der Waals surface area contributed by atoms with Gasteiger partial charge in [-0.15, -0.1) is 0 Å². The molecule has 0 fully saturated rings. The number of hydrogen-bond donors (Lipinski definition) is 0. The molecule has 0 aliphatic rings. The number of rotatable bonds is 5. The zero-order chi connectivity index (χ0) is 17.0. The largest absolute Gasteiger partial charge is 0.341 e. The van der Waals surface area contributed by atoms with Crippen LogP contribution in [0, 0.1) is 27.7 Å². The minimum atomic E-state index is 0.0812. The van der Waals surface area contributed by atoms with Gasteiger partial charge in [-0.3, -0.25) is 4.79 Å². The molecular weight excluding hydrogens is 306 g/mol. The van der Waals surface area contributed by atoms with Crippen molar-refractivity contribution in [3.8, 4) is 0 Å². The molecule has 2 rings (SSSR count). The van der Waals surface area contributed by atoms with Crippen LogP contribution in [0.3, 0.4) is 0 Å². The second-order valence-corrected chi connectivity index (χ2v) is 6.71. The summed E-state index contributed by atoms with van der Waals surface area (Å²) in [6.07, 6.45) is 0. The van der Waals surface area contributed by atoms with E-state index in [2.05, 4.69) is 29.0 Å². The average Bonchev–Trinajstić information content (AvgIpc) is 2.52. The molecule has 23 heavy (non-hydrogen) atoms. The van der Waals surface area contributed by atoms with Gasteiger partial charge in [0.2, 0.25) is 5.91 Å². The van der Waals surface area contributed by atoms with Gasteiger partial charge in [0.1, 0.15) is 0 Å². The molecule has 0 bridgehead atoms. The number of thioether (sulfide) groups is 1. The Balaban J connectivity index is 1.95. The lowest BCUT2D eigenvalue weighted by Gasteiger charge is -2.18. The number of benzene rings is 1. The molecule has 0 spiro atoms. The average molecular weight is 329 g/mol. The van der Waals surface area contributed by atoms with Crippen LogP contribution in [0.4, 0.5) is 0 Å². The van der Waals surface area contributed by atoms with E-state index < -0.39 is 0 Å². The fourth-order valence-electron chi connectivity index (χ4n) is 2.17. The van der Waals surface area contributed by atoms with Crippen LogP contribution in [-0.4, -0.2) is 33.6 Å². The summed E-state index contributed by atoms with van der Waals surface area (Å²) in [6.45, 7) is 8.65. The van der Waals surface area contributed by atoms with Crippen LogP contribution in [0.5, 0.6) is 0 Å². The van der Waals surface area contributed by atoms with E-state index in [1.807, 2.05) is 40.0 Å². The van der Waals surface area contributed by atoms with Gasteiger partial charge in [0, 0.05) is 25.0 Å². The van der Waals surface area contributed by atoms with Crippen molar-refractivity contribution in [2.75, 3.05) is 12.8 Å². The minimum Gasteiger partial charge on any atom is -0.341 e. The van der Waals surface area contributed by atoms with E-state index in [-0.39, 0.29) is 5.91 Å².